The van der Waals surface area contributed by atoms with E-state index in [-0.39, 0.29) is 17.7 Å². The van der Waals surface area contributed by atoms with Gasteiger partial charge in [0.25, 0.3) is 0 Å². The summed E-state index contributed by atoms with van der Waals surface area (Å²) in [4.78, 5) is 25.9. The Labute approximate surface area is 130 Å². The van der Waals surface area contributed by atoms with Crippen molar-refractivity contribution in [3.8, 4) is 0 Å². The van der Waals surface area contributed by atoms with E-state index in [0.717, 1.165) is 24.9 Å². The van der Waals surface area contributed by atoms with E-state index in [9.17, 15) is 9.59 Å². The Morgan fingerprint density at radius 1 is 1.48 bits per heavy atom. The minimum atomic E-state index is -0.269. The molecule has 1 aromatic carbocycles. The molecular formula is C16H21ClN2O2. The number of carbonyl (C=O) groups excluding carboxylic acids is 2. The Bertz CT molecular complexity index is 545. The molecule has 5 heteroatoms. The van der Waals surface area contributed by atoms with Crippen molar-refractivity contribution in [2.24, 2.45) is 5.92 Å². The van der Waals surface area contributed by atoms with Crippen molar-refractivity contribution in [2.75, 3.05) is 18.4 Å². The highest BCUT2D eigenvalue weighted by atomic mass is 35.5. The van der Waals surface area contributed by atoms with Gasteiger partial charge in [0, 0.05) is 30.2 Å². The molecule has 0 saturated carbocycles. The second-order valence-corrected chi connectivity index (χ2v) is 5.95. The van der Waals surface area contributed by atoms with Gasteiger partial charge in [0.15, 0.2) is 0 Å². The van der Waals surface area contributed by atoms with Gasteiger partial charge >= 0.3 is 0 Å². The van der Waals surface area contributed by atoms with Crippen LogP contribution < -0.4 is 5.32 Å². The Morgan fingerprint density at radius 3 is 2.90 bits per heavy atom. The molecule has 21 heavy (non-hydrogen) atoms. The number of likely N-dealkylation sites (tertiary alicyclic amines) is 1. The molecule has 114 valence electrons. The maximum atomic E-state index is 12.2. The molecule has 1 aliphatic heterocycles. The maximum Gasteiger partial charge on any atom is 0.229 e. The Hall–Kier alpha value is -1.55. The second-order valence-electron chi connectivity index (χ2n) is 5.55. The quantitative estimate of drug-likeness (QED) is 0.908. The zero-order valence-corrected chi connectivity index (χ0v) is 13.2. The predicted molar refractivity (Wildman–Crippen MR) is 84.4 cm³/mol. The van der Waals surface area contributed by atoms with Crippen LogP contribution in [0.4, 0.5) is 5.69 Å². The van der Waals surface area contributed by atoms with E-state index in [1.807, 2.05) is 19.1 Å². The van der Waals surface area contributed by atoms with Gasteiger partial charge in [-0.15, -0.1) is 0 Å². The number of aryl methyl sites for hydroxylation is 1. The van der Waals surface area contributed by atoms with Crippen LogP contribution in [0.1, 0.15) is 31.7 Å². The molecule has 1 atom stereocenters. The van der Waals surface area contributed by atoms with Crippen molar-refractivity contribution in [3.63, 3.8) is 0 Å². The summed E-state index contributed by atoms with van der Waals surface area (Å²) in [6, 6.07) is 5.43. The molecule has 2 amide bonds. The van der Waals surface area contributed by atoms with Crippen molar-refractivity contribution in [2.45, 2.75) is 33.1 Å². The standard InChI is InChI=1S/C16H21ClN2O2/c1-3-4-7-19-10-12(8-15(19)20)16(21)18-13-6-5-11(2)14(17)9-13/h5-6,9,12H,3-4,7-8,10H2,1-2H3,(H,18,21). The molecule has 1 saturated heterocycles. The zero-order chi connectivity index (χ0) is 15.4. The van der Waals surface area contributed by atoms with Gasteiger partial charge in [0.2, 0.25) is 11.8 Å². The van der Waals surface area contributed by atoms with Gasteiger partial charge in [0.1, 0.15) is 0 Å². The van der Waals surface area contributed by atoms with E-state index in [1.54, 1.807) is 11.0 Å². The minimum Gasteiger partial charge on any atom is -0.342 e. The molecule has 0 aliphatic carbocycles. The van der Waals surface area contributed by atoms with Crippen LogP contribution in [0.2, 0.25) is 5.02 Å². The number of hydrogen-bond acceptors (Lipinski definition) is 2. The highest BCUT2D eigenvalue weighted by Crippen LogP contribution is 2.23. The number of nitrogens with one attached hydrogen (secondary N) is 1. The molecule has 1 heterocycles. The molecule has 0 aromatic heterocycles. The summed E-state index contributed by atoms with van der Waals surface area (Å²) in [6.45, 7) is 5.26. The van der Waals surface area contributed by atoms with Crippen molar-refractivity contribution < 1.29 is 9.59 Å². The topological polar surface area (TPSA) is 49.4 Å². The van der Waals surface area contributed by atoms with E-state index in [2.05, 4.69) is 12.2 Å². The van der Waals surface area contributed by atoms with E-state index in [0.29, 0.717) is 23.7 Å². The second kappa shape index (κ2) is 6.94. The summed E-state index contributed by atoms with van der Waals surface area (Å²) in [6.07, 6.45) is 2.32. The fourth-order valence-corrected chi connectivity index (χ4v) is 2.61. The largest absolute Gasteiger partial charge is 0.342 e. The molecule has 1 aromatic rings. The molecule has 0 spiro atoms. The summed E-state index contributed by atoms with van der Waals surface area (Å²) in [5, 5.41) is 3.47. The summed E-state index contributed by atoms with van der Waals surface area (Å²) in [5.41, 5.74) is 1.64. The molecule has 1 aliphatic rings. The van der Waals surface area contributed by atoms with Crippen molar-refractivity contribution >= 4 is 29.1 Å². The molecule has 1 N–H and O–H groups in total. The average molecular weight is 309 g/mol. The lowest BCUT2D eigenvalue weighted by Gasteiger charge is -2.16. The normalized spacial score (nSPS) is 18.1. The third kappa shape index (κ3) is 3.97. The fraction of sp³-hybridized carbons (Fsp3) is 0.500. The first kappa shape index (κ1) is 15.8. The summed E-state index contributed by atoms with van der Waals surface area (Å²) >= 11 is 6.05. The number of nitrogens with zero attached hydrogens (tertiary/aromatic N) is 1. The summed E-state index contributed by atoms with van der Waals surface area (Å²) in [5.74, 6) is -0.303. The van der Waals surface area contributed by atoms with Gasteiger partial charge in [0.05, 0.1) is 5.92 Å². The SMILES string of the molecule is CCCCN1CC(C(=O)Nc2ccc(C)c(Cl)c2)CC1=O. The monoisotopic (exact) mass is 308 g/mol. The van der Waals surface area contributed by atoms with Crippen LogP contribution in [0.25, 0.3) is 0 Å². The van der Waals surface area contributed by atoms with Crippen molar-refractivity contribution in [3.05, 3.63) is 28.8 Å². The fourth-order valence-electron chi connectivity index (χ4n) is 2.43. The Kier molecular flexibility index (Phi) is 5.23. The first-order valence-electron chi connectivity index (χ1n) is 7.36. The van der Waals surface area contributed by atoms with Crippen LogP contribution in [0.3, 0.4) is 0 Å². The number of halogens is 1. The molecule has 1 unspecified atom stereocenters. The van der Waals surface area contributed by atoms with Crippen molar-refractivity contribution in [1.82, 2.24) is 4.90 Å². The Morgan fingerprint density at radius 2 is 2.24 bits per heavy atom. The van der Waals surface area contributed by atoms with Crippen LogP contribution in [-0.2, 0) is 9.59 Å². The number of unbranched alkanes of at least 4 members (excludes halogenated alkanes) is 1. The Balaban J connectivity index is 1.95. The van der Waals surface area contributed by atoms with Crippen LogP contribution in [0.15, 0.2) is 18.2 Å². The van der Waals surface area contributed by atoms with Crippen LogP contribution >= 0.6 is 11.6 Å². The lowest BCUT2D eigenvalue weighted by atomic mass is 10.1. The maximum absolute atomic E-state index is 12.2. The van der Waals surface area contributed by atoms with Gasteiger partial charge in [-0.2, -0.15) is 0 Å². The number of amides is 2. The molecule has 4 nitrogen and oxygen atoms in total. The van der Waals surface area contributed by atoms with Gasteiger partial charge in [-0.1, -0.05) is 31.0 Å². The number of rotatable bonds is 5. The molecule has 0 bridgehead atoms. The molecule has 2 rings (SSSR count). The first-order chi connectivity index (χ1) is 10.0. The number of benzene rings is 1. The first-order valence-corrected chi connectivity index (χ1v) is 7.74. The van der Waals surface area contributed by atoms with Gasteiger partial charge in [-0.25, -0.2) is 0 Å². The van der Waals surface area contributed by atoms with E-state index >= 15 is 0 Å². The van der Waals surface area contributed by atoms with E-state index in [1.165, 1.54) is 0 Å². The number of hydrogen-bond donors (Lipinski definition) is 1. The van der Waals surface area contributed by atoms with Gasteiger partial charge < -0.3 is 10.2 Å². The minimum absolute atomic E-state index is 0.0746. The smallest absolute Gasteiger partial charge is 0.229 e. The predicted octanol–water partition coefficient (Wildman–Crippen LogP) is 3.24. The third-order valence-corrected chi connectivity index (χ3v) is 4.21. The van der Waals surface area contributed by atoms with Gasteiger partial charge in [-0.3, -0.25) is 9.59 Å². The lowest BCUT2D eigenvalue weighted by Crippen LogP contribution is -2.29. The number of carbonyl (C=O) groups is 2. The average Bonchev–Trinajstić information content (AvgIpc) is 2.82. The molecular weight excluding hydrogens is 288 g/mol. The number of anilines is 1. The summed E-state index contributed by atoms with van der Waals surface area (Å²) in [7, 11) is 0. The lowest BCUT2D eigenvalue weighted by molar-refractivity contribution is -0.128. The summed E-state index contributed by atoms with van der Waals surface area (Å²) < 4.78 is 0. The highest BCUT2D eigenvalue weighted by molar-refractivity contribution is 6.31. The van der Waals surface area contributed by atoms with E-state index in [4.69, 9.17) is 11.6 Å². The van der Waals surface area contributed by atoms with Crippen LogP contribution in [0, 0.1) is 12.8 Å². The van der Waals surface area contributed by atoms with Gasteiger partial charge in [-0.05, 0) is 31.0 Å². The zero-order valence-electron chi connectivity index (χ0n) is 12.5. The molecule has 1 fully saturated rings. The van der Waals surface area contributed by atoms with Crippen LogP contribution in [0.5, 0.6) is 0 Å². The highest BCUT2D eigenvalue weighted by Gasteiger charge is 2.33. The van der Waals surface area contributed by atoms with Crippen molar-refractivity contribution in [1.29, 1.82) is 0 Å². The van der Waals surface area contributed by atoms with Crippen LogP contribution in [-0.4, -0.2) is 29.8 Å². The third-order valence-electron chi connectivity index (χ3n) is 3.81. The molecule has 0 radical (unpaired) electrons. The van der Waals surface area contributed by atoms with E-state index < -0.39 is 0 Å².